The van der Waals surface area contributed by atoms with E-state index in [1.165, 1.54) is 6.20 Å². The maximum Gasteiger partial charge on any atom is 0.329 e. The van der Waals surface area contributed by atoms with Crippen LogP contribution in [-0.2, 0) is 6.54 Å². The van der Waals surface area contributed by atoms with Gasteiger partial charge in [-0.2, -0.15) is 10.2 Å². The Morgan fingerprint density at radius 1 is 1.42 bits per heavy atom. The van der Waals surface area contributed by atoms with E-state index < -0.39 is 11.2 Å². The molecule has 0 bridgehead atoms. The second-order valence-electron chi connectivity index (χ2n) is 4.42. The van der Waals surface area contributed by atoms with E-state index in [1.807, 2.05) is 13.8 Å². The zero-order chi connectivity index (χ0) is 14.0. The van der Waals surface area contributed by atoms with Gasteiger partial charge in [-0.1, -0.05) is 25.4 Å². The smallest absolute Gasteiger partial charge is 0.297 e. The van der Waals surface area contributed by atoms with Crippen LogP contribution in [0.15, 0.2) is 27.9 Å². The van der Waals surface area contributed by atoms with Crippen molar-refractivity contribution in [3.63, 3.8) is 0 Å². The van der Waals surface area contributed by atoms with Crippen LogP contribution >= 0.6 is 11.6 Å². The number of rotatable bonds is 3. The van der Waals surface area contributed by atoms with E-state index in [4.69, 9.17) is 11.6 Å². The van der Waals surface area contributed by atoms with Crippen molar-refractivity contribution < 1.29 is 0 Å². The van der Waals surface area contributed by atoms with Gasteiger partial charge in [0.1, 0.15) is 5.15 Å². The number of hydrogen-bond donors (Lipinski definition) is 1. The van der Waals surface area contributed by atoms with Gasteiger partial charge in [0.05, 0.1) is 17.8 Å². The molecule has 0 saturated heterocycles. The van der Waals surface area contributed by atoms with Crippen molar-refractivity contribution in [3.05, 3.63) is 55.6 Å². The molecule has 1 N–H and O–H groups in total. The maximum atomic E-state index is 12.3. The van der Waals surface area contributed by atoms with Crippen LogP contribution in [0.4, 0.5) is 0 Å². The fourth-order valence-electron chi connectivity index (χ4n) is 1.78. The molecule has 6 nitrogen and oxygen atoms in total. The van der Waals surface area contributed by atoms with Gasteiger partial charge in [-0.05, 0) is 18.1 Å². The monoisotopic (exact) mass is 280 g/mol. The van der Waals surface area contributed by atoms with E-state index in [0.717, 1.165) is 4.57 Å². The topological polar surface area (TPSA) is 80.6 Å². The van der Waals surface area contributed by atoms with Crippen LogP contribution in [0.3, 0.4) is 0 Å². The number of nitrogens with one attached hydrogen (secondary N) is 1. The maximum absolute atomic E-state index is 12.3. The Morgan fingerprint density at radius 2 is 2.16 bits per heavy atom. The van der Waals surface area contributed by atoms with Gasteiger partial charge in [-0.15, -0.1) is 0 Å². The molecule has 0 aliphatic rings. The van der Waals surface area contributed by atoms with Gasteiger partial charge in [0.2, 0.25) is 0 Å². The van der Waals surface area contributed by atoms with E-state index in [2.05, 4.69) is 15.2 Å². The lowest BCUT2D eigenvalue weighted by Gasteiger charge is -2.10. The predicted molar refractivity (Wildman–Crippen MR) is 71.6 cm³/mol. The molecular weight excluding hydrogens is 268 g/mol. The summed E-state index contributed by atoms with van der Waals surface area (Å²) < 4.78 is 1.07. The van der Waals surface area contributed by atoms with E-state index in [9.17, 15) is 9.59 Å². The molecule has 2 aromatic heterocycles. The third-order valence-electron chi connectivity index (χ3n) is 2.70. The largest absolute Gasteiger partial charge is 0.329 e. The van der Waals surface area contributed by atoms with Crippen LogP contribution < -0.4 is 11.2 Å². The first-order chi connectivity index (χ1) is 9.00. The second-order valence-corrected chi connectivity index (χ2v) is 4.80. The molecule has 0 radical (unpaired) electrons. The minimum atomic E-state index is -0.551. The van der Waals surface area contributed by atoms with E-state index in [-0.39, 0.29) is 17.6 Å². The van der Waals surface area contributed by atoms with Crippen LogP contribution in [0, 0.1) is 0 Å². The number of nitrogens with zero attached hydrogens (tertiary/aromatic N) is 3. The Balaban J connectivity index is 2.56. The Hall–Kier alpha value is -1.95. The van der Waals surface area contributed by atoms with E-state index >= 15 is 0 Å². The van der Waals surface area contributed by atoms with Gasteiger partial charge >= 0.3 is 5.69 Å². The first kappa shape index (κ1) is 13.5. The summed E-state index contributed by atoms with van der Waals surface area (Å²) in [6, 6.07) is 3.39. The van der Waals surface area contributed by atoms with Crippen molar-refractivity contribution in [2.75, 3.05) is 0 Å². The van der Waals surface area contributed by atoms with Crippen molar-refractivity contribution >= 4 is 11.6 Å². The highest BCUT2D eigenvalue weighted by atomic mass is 35.5. The van der Waals surface area contributed by atoms with Crippen LogP contribution in [0.1, 0.15) is 31.0 Å². The summed E-state index contributed by atoms with van der Waals surface area (Å²) in [6.07, 6.45) is 1.53. The molecule has 0 fully saturated rings. The summed E-state index contributed by atoms with van der Waals surface area (Å²) in [5.41, 5.74) is -0.0169. The van der Waals surface area contributed by atoms with Crippen LogP contribution in [0.25, 0.3) is 0 Å². The lowest BCUT2D eigenvalue weighted by Crippen LogP contribution is -2.38. The fraction of sp³-hybridized carbons (Fsp3) is 0.333. The van der Waals surface area contributed by atoms with Crippen molar-refractivity contribution in [3.8, 4) is 0 Å². The molecule has 0 aliphatic heterocycles. The second kappa shape index (κ2) is 5.36. The molecule has 100 valence electrons. The fourth-order valence-corrected chi connectivity index (χ4v) is 2.16. The average Bonchev–Trinajstić information content (AvgIpc) is 2.35. The molecule has 0 aromatic carbocycles. The van der Waals surface area contributed by atoms with Gasteiger partial charge in [-0.25, -0.2) is 4.79 Å². The molecule has 0 spiro atoms. The summed E-state index contributed by atoms with van der Waals surface area (Å²) in [4.78, 5) is 26.6. The quantitative estimate of drug-likeness (QED) is 0.855. The minimum absolute atomic E-state index is 0.0683. The minimum Gasteiger partial charge on any atom is -0.297 e. The number of hydrogen-bond acceptors (Lipinski definition) is 4. The van der Waals surface area contributed by atoms with Gasteiger partial charge < -0.3 is 0 Å². The van der Waals surface area contributed by atoms with Crippen LogP contribution in [-0.4, -0.2) is 19.7 Å². The highest BCUT2D eigenvalue weighted by Crippen LogP contribution is 2.16. The standard InChI is InChI=1S/C12H13ClN4O2/c1-7(2)9-10(13)15-12(19)17(11(9)18)6-8-4-3-5-14-16-8/h3-5,7H,6H2,1-2H3,(H,15,19). The Bertz CT molecular complexity index is 691. The lowest BCUT2D eigenvalue weighted by atomic mass is 10.1. The van der Waals surface area contributed by atoms with E-state index in [0.29, 0.717) is 11.3 Å². The average molecular weight is 281 g/mol. The molecule has 2 heterocycles. The zero-order valence-corrected chi connectivity index (χ0v) is 11.3. The molecule has 0 atom stereocenters. The SMILES string of the molecule is CC(C)c1c(Cl)[nH]c(=O)n(Cc2cccnn2)c1=O. The zero-order valence-electron chi connectivity index (χ0n) is 10.6. The highest BCUT2D eigenvalue weighted by Gasteiger charge is 2.16. The molecule has 0 saturated carbocycles. The van der Waals surface area contributed by atoms with Gasteiger partial charge in [0, 0.05) is 6.20 Å². The van der Waals surface area contributed by atoms with E-state index in [1.54, 1.807) is 12.1 Å². The van der Waals surface area contributed by atoms with Crippen LogP contribution in [0.5, 0.6) is 0 Å². The number of aromatic amines is 1. The molecule has 0 amide bonds. The first-order valence-corrected chi connectivity index (χ1v) is 6.17. The number of aromatic nitrogens is 4. The number of H-pyrrole nitrogens is 1. The normalized spacial score (nSPS) is 10.9. The lowest BCUT2D eigenvalue weighted by molar-refractivity contribution is 0.652. The number of halogens is 1. The predicted octanol–water partition coefficient (Wildman–Crippen LogP) is 1.15. The third kappa shape index (κ3) is 2.73. The summed E-state index contributed by atoms with van der Waals surface area (Å²) in [6.45, 7) is 3.75. The summed E-state index contributed by atoms with van der Waals surface area (Å²) >= 11 is 5.91. The van der Waals surface area contributed by atoms with Crippen molar-refractivity contribution in [2.24, 2.45) is 0 Å². The summed E-state index contributed by atoms with van der Waals surface area (Å²) in [5.74, 6) is -0.0787. The van der Waals surface area contributed by atoms with Crippen molar-refractivity contribution in [2.45, 2.75) is 26.3 Å². The van der Waals surface area contributed by atoms with Gasteiger partial charge in [0.15, 0.2) is 0 Å². The molecule has 0 aliphatic carbocycles. The van der Waals surface area contributed by atoms with Crippen molar-refractivity contribution in [1.82, 2.24) is 19.7 Å². The highest BCUT2D eigenvalue weighted by molar-refractivity contribution is 6.30. The molecule has 19 heavy (non-hydrogen) atoms. The van der Waals surface area contributed by atoms with Gasteiger partial charge in [0.25, 0.3) is 5.56 Å². The van der Waals surface area contributed by atoms with Gasteiger partial charge in [-0.3, -0.25) is 14.3 Å². The molecular formula is C12H13ClN4O2. The molecule has 2 rings (SSSR count). The Labute approximate surface area is 114 Å². The van der Waals surface area contributed by atoms with Crippen LogP contribution in [0.2, 0.25) is 5.15 Å². The molecule has 7 heteroatoms. The van der Waals surface area contributed by atoms with Crippen molar-refractivity contribution in [1.29, 1.82) is 0 Å². The summed E-state index contributed by atoms with van der Waals surface area (Å²) in [7, 11) is 0. The molecule has 2 aromatic rings. The third-order valence-corrected chi connectivity index (χ3v) is 3.00. The molecule has 0 unspecified atom stereocenters. The summed E-state index contributed by atoms with van der Waals surface area (Å²) in [5, 5.41) is 7.67. The first-order valence-electron chi connectivity index (χ1n) is 5.79. The Kier molecular flexibility index (Phi) is 3.80. The Morgan fingerprint density at radius 3 is 2.74 bits per heavy atom.